The Morgan fingerprint density at radius 1 is 1.37 bits per heavy atom. The number of hydrogen-bond donors (Lipinski definition) is 3. The van der Waals surface area contributed by atoms with Gasteiger partial charge >= 0.3 is 0 Å². The van der Waals surface area contributed by atoms with Gasteiger partial charge in [-0.2, -0.15) is 5.10 Å². The molecular weight excluding hydrogens is 364 g/mol. The van der Waals surface area contributed by atoms with Crippen LogP contribution in [0.25, 0.3) is 5.69 Å². The highest BCUT2D eigenvalue weighted by Crippen LogP contribution is 2.21. The van der Waals surface area contributed by atoms with Gasteiger partial charge in [0.25, 0.3) is 5.56 Å². The van der Waals surface area contributed by atoms with Gasteiger partial charge in [-0.05, 0) is 42.3 Å². The molecule has 3 N–H and O–H groups in total. The van der Waals surface area contributed by atoms with E-state index in [4.69, 9.17) is 12.2 Å². The Kier molecular flexibility index (Phi) is 7.06. The molecule has 0 unspecified atom stereocenters. The van der Waals surface area contributed by atoms with Gasteiger partial charge in [0.05, 0.1) is 11.9 Å². The molecule has 144 valence electrons. The summed E-state index contributed by atoms with van der Waals surface area (Å²) in [6.45, 7) is 6.15. The maximum Gasteiger partial charge on any atom is 0.264 e. The van der Waals surface area contributed by atoms with Crippen LogP contribution in [0.5, 0.6) is 5.88 Å². The van der Waals surface area contributed by atoms with Crippen molar-refractivity contribution in [2.45, 2.75) is 46.0 Å². The van der Waals surface area contributed by atoms with Crippen molar-refractivity contribution < 1.29 is 9.90 Å². The fourth-order valence-corrected chi connectivity index (χ4v) is 2.75. The average molecular weight is 388 g/mol. The Balaban J connectivity index is 2.35. The number of nitrogens with one attached hydrogen (secondary N) is 2. The number of aromatic amines is 1. The summed E-state index contributed by atoms with van der Waals surface area (Å²) in [6.07, 6.45) is 3.12. The molecule has 1 aromatic carbocycles. The van der Waals surface area contributed by atoms with Gasteiger partial charge in [0, 0.05) is 6.42 Å². The molecule has 2 aromatic rings. The van der Waals surface area contributed by atoms with E-state index in [1.807, 2.05) is 31.2 Å². The molecule has 27 heavy (non-hydrogen) atoms. The molecule has 7 nitrogen and oxygen atoms in total. The van der Waals surface area contributed by atoms with E-state index >= 15 is 0 Å². The quantitative estimate of drug-likeness (QED) is 0.385. The number of rotatable bonds is 7. The zero-order valence-electron chi connectivity index (χ0n) is 15.7. The first kappa shape index (κ1) is 20.6. The van der Waals surface area contributed by atoms with Gasteiger partial charge in [-0.1, -0.05) is 39.3 Å². The number of benzene rings is 1. The van der Waals surface area contributed by atoms with E-state index in [0.29, 0.717) is 18.0 Å². The van der Waals surface area contributed by atoms with E-state index in [-0.39, 0.29) is 22.1 Å². The highest BCUT2D eigenvalue weighted by atomic mass is 32.1. The molecule has 8 heteroatoms. The van der Waals surface area contributed by atoms with E-state index in [0.717, 1.165) is 24.6 Å². The minimum absolute atomic E-state index is 0.0685. The van der Waals surface area contributed by atoms with Gasteiger partial charge in [-0.3, -0.25) is 19.1 Å². The summed E-state index contributed by atoms with van der Waals surface area (Å²) in [5.41, 5.74) is 3.43. The molecule has 1 heterocycles. The first-order chi connectivity index (χ1) is 12.8. The van der Waals surface area contributed by atoms with Crippen LogP contribution in [0.15, 0.2) is 34.2 Å². The van der Waals surface area contributed by atoms with Crippen LogP contribution in [0.1, 0.15) is 57.1 Å². The van der Waals surface area contributed by atoms with Gasteiger partial charge in [-0.25, -0.2) is 5.43 Å². The number of hydrazone groups is 1. The third-order valence-corrected chi connectivity index (χ3v) is 4.36. The third kappa shape index (κ3) is 5.13. The third-order valence-electron chi connectivity index (χ3n) is 4.08. The molecule has 0 fully saturated rings. The van der Waals surface area contributed by atoms with Gasteiger partial charge < -0.3 is 5.11 Å². The second kappa shape index (κ2) is 9.27. The normalized spacial score (nSPS) is 11.3. The van der Waals surface area contributed by atoms with Crippen molar-refractivity contribution in [1.82, 2.24) is 15.0 Å². The molecule has 2 rings (SSSR count). The zero-order valence-corrected chi connectivity index (χ0v) is 16.5. The van der Waals surface area contributed by atoms with Gasteiger partial charge in [0.2, 0.25) is 11.8 Å². The van der Waals surface area contributed by atoms with Crippen LogP contribution in [-0.2, 0) is 4.79 Å². The van der Waals surface area contributed by atoms with E-state index in [1.54, 1.807) is 0 Å². The Labute approximate surface area is 162 Å². The Bertz CT molecular complexity index is 943. The van der Waals surface area contributed by atoms with Crippen molar-refractivity contribution in [3.63, 3.8) is 0 Å². The lowest BCUT2D eigenvalue weighted by atomic mass is 10.0. The molecule has 0 atom stereocenters. The van der Waals surface area contributed by atoms with Crippen LogP contribution >= 0.6 is 12.2 Å². The van der Waals surface area contributed by atoms with E-state index in [9.17, 15) is 14.7 Å². The van der Waals surface area contributed by atoms with Crippen LogP contribution in [0.4, 0.5) is 0 Å². The fraction of sp³-hybridized carbons (Fsp3) is 0.368. The van der Waals surface area contributed by atoms with Crippen LogP contribution in [0, 0.1) is 4.77 Å². The SMILES string of the molecule is CCCCC(=O)NN=Cc1c(O)n(-c2ccc(C(C)C)cc2)c(=S)[nH]c1=O. The summed E-state index contributed by atoms with van der Waals surface area (Å²) >= 11 is 5.19. The summed E-state index contributed by atoms with van der Waals surface area (Å²) in [7, 11) is 0. The van der Waals surface area contributed by atoms with E-state index in [2.05, 4.69) is 29.4 Å². The van der Waals surface area contributed by atoms with Crippen molar-refractivity contribution in [2.24, 2.45) is 5.10 Å². The maximum atomic E-state index is 12.1. The van der Waals surface area contributed by atoms with Crippen molar-refractivity contribution in [3.05, 3.63) is 50.5 Å². The second-order valence-corrected chi connectivity index (χ2v) is 6.86. The summed E-state index contributed by atoms with van der Waals surface area (Å²) < 4.78 is 1.42. The zero-order chi connectivity index (χ0) is 20.0. The number of nitrogens with zero attached hydrogens (tertiary/aromatic N) is 2. The minimum Gasteiger partial charge on any atom is -0.494 e. The summed E-state index contributed by atoms with van der Waals surface area (Å²) in [5, 5.41) is 14.3. The lowest BCUT2D eigenvalue weighted by molar-refractivity contribution is -0.121. The highest BCUT2D eigenvalue weighted by molar-refractivity contribution is 7.71. The Hall–Kier alpha value is -2.74. The predicted octanol–water partition coefficient (Wildman–Crippen LogP) is 3.36. The van der Waals surface area contributed by atoms with Crippen molar-refractivity contribution in [3.8, 4) is 11.6 Å². The molecule has 0 saturated heterocycles. The molecule has 1 aromatic heterocycles. The number of amides is 1. The molecule has 1 amide bonds. The standard InChI is InChI=1S/C19H24N4O3S/c1-4-5-6-16(24)22-20-11-15-17(25)21-19(27)23(18(15)26)14-9-7-13(8-10-14)12(2)3/h7-12,26H,4-6H2,1-3H3,(H,22,24)(H,21,25,27). The summed E-state index contributed by atoms with van der Waals surface area (Å²) in [6, 6.07) is 7.51. The first-order valence-corrected chi connectivity index (χ1v) is 9.26. The average Bonchev–Trinajstić information content (AvgIpc) is 2.62. The van der Waals surface area contributed by atoms with Gasteiger partial charge in [0.1, 0.15) is 5.56 Å². The topological polar surface area (TPSA) is 99.5 Å². The molecule has 0 aliphatic heterocycles. The molecular formula is C19H24N4O3S. The number of aromatic hydroxyl groups is 1. The first-order valence-electron chi connectivity index (χ1n) is 8.85. The molecule has 0 radical (unpaired) electrons. The van der Waals surface area contributed by atoms with Crippen molar-refractivity contribution in [1.29, 1.82) is 0 Å². The number of carbonyl (C=O) groups is 1. The van der Waals surface area contributed by atoms with Crippen LogP contribution < -0.4 is 11.0 Å². The molecule has 0 spiro atoms. The fourth-order valence-electron chi connectivity index (χ4n) is 2.46. The Morgan fingerprint density at radius 2 is 2.04 bits per heavy atom. The van der Waals surface area contributed by atoms with Crippen LogP contribution in [-0.4, -0.2) is 26.8 Å². The van der Waals surface area contributed by atoms with Crippen LogP contribution in [0.3, 0.4) is 0 Å². The van der Waals surface area contributed by atoms with Gasteiger partial charge in [-0.15, -0.1) is 0 Å². The van der Waals surface area contributed by atoms with Crippen LogP contribution in [0.2, 0.25) is 0 Å². The summed E-state index contributed by atoms with van der Waals surface area (Å²) in [5.74, 6) is -0.219. The number of H-pyrrole nitrogens is 1. The number of unbranched alkanes of at least 4 members (excludes halogenated alkanes) is 1. The Morgan fingerprint density at radius 3 is 2.63 bits per heavy atom. The monoisotopic (exact) mass is 388 g/mol. The largest absolute Gasteiger partial charge is 0.494 e. The highest BCUT2D eigenvalue weighted by Gasteiger charge is 2.13. The van der Waals surface area contributed by atoms with Crippen molar-refractivity contribution in [2.75, 3.05) is 0 Å². The number of aromatic nitrogens is 2. The predicted molar refractivity (Wildman–Crippen MR) is 108 cm³/mol. The number of hydrogen-bond acceptors (Lipinski definition) is 5. The number of carbonyl (C=O) groups excluding carboxylic acids is 1. The lowest BCUT2D eigenvalue weighted by Gasteiger charge is -2.12. The van der Waals surface area contributed by atoms with E-state index < -0.39 is 5.56 Å². The second-order valence-electron chi connectivity index (χ2n) is 6.47. The lowest BCUT2D eigenvalue weighted by Crippen LogP contribution is -2.21. The molecule has 0 saturated carbocycles. The summed E-state index contributed by atoms with van der Waals surface area (Å²) in [4.78, 5) is 26.2. The molecule has 0 bridgehead atoms. The van der Waals surface area contributed by atoms with Gasteiger partial charge in [0.15, 0.2) is 4.77 Å². The van der Waals surface area contributed by atoms with Crippen molar-refractivity contribution >= 4 is 24.3 Å². The smallest absolute Gasteiger partial charge is 0.264 e. The maximum absolute atomic E-state index is 12.1. The minimum atomic E-state index is -0.584. The molecule has 0 aliphatic carbocycles. The molecule has 0 aliphatic rings. The van der Waals surface area contributed by atoms with E-state index in [1.165, 1.54) is 4.57 Å².